The number of piperazine rings is 1. The average Bonchev–Trinajstić information content (AvgIpc) is 3.33. The highest BCUT2D eigenvalue weighted by Crippen LogP contribution is 2.27. The molecule has 0 saturated carbocycles. The molecule has 3 heterocycles. The van der Waals surface area contributed by atoms with Crippen molar-refractivity contribution in [3.8, 4) is 11.6 Å². The van der Waals surface area contributed by atoms with Crippen LogP contribution in [0, 0.1) is 20.8 Å². The van der Waals surface area contributed by atoms with Gasteiger partial charge in [-0.25, -0.2) is 8.42 Å². The Hall–Kier alpha value is -2.65. The van der Waals surface area contributed by atoms with Crippen molar-refractivity contribution in [3.05, 3.63) is 47.5 Å². The van der Waals surface area contributed by atoms with Crippen LogP contribution in [0.2, 0.25) is 0 Å². The highest BCUT2D eigenvalue weighted by atomic mass is 32.2. The number of rotatable bonds is 4. The fraction of sp³-hybridized carbons (Fsp3) is 0.368. The number of nitrogens with zero attached hydrogens (tertiary/aromatic N) is 4. The van der Waals surface area contributed by atoms with Crippen molar-refractivity contribution < 1.29 is 12.8 Å². The lowest BCUT2D eigenvalue weighted by Gasteiger charge is -2.36. The van der Waals surface area contributed by atoms with E-state index in [0.29, 0.717) is 37.8 Å². The van der Waals surface area contributed by atoms with Crippen LogP contribution >= 0.6 is 0 Å². The molecule has 0 unspecified atom stereocenters. The maximum atomic E-state index is 13.0. The fourth-order valence-electron chi connectivity index (χ4n) is 3.45. The number of benzene rings is 1. The molecule has 2 aromatic heterocycles. The van der Waals surface area contributed by atoms with Crippen LogP contribution < -0.4 is 4.90 Å². The minimum absolute atomic E-state index is 0.207. The molecule has 1 aliphatic heterocycles. The first-order valence-electron chi connectivity index (χ1n) is 9.16. The second-order valence-electron chi connectivity index (χ2n) is 6.99. The van der Waals surface area contributed by atoms with E-state index in [2.05, 4.69) is 46.1 Å². The third kappa shape index (κ3) is 3.31. The highest BCUT2D eigenvalue weighted by molar-refractivity contribution is 7.89. The Morgan fingerprint density at radius 1 is 1.07 bits per heavy atom. The van der Waals surface area contributed by atoms with Gasteiger partial charge in [0.2, 0.25) is 15.9 Å². The molecule has 0 radical (unpaired) electrons. The lowest BCUT2D eigenvalue weighted by molar-refractivity contribution is 0.385. The number of hydrogen-bond acceptors (Lipinski definition) is 6. The minimum Gasteiger partial charge on any atom is -0.420 e. The van der Waals surface area contributed by atoms with Gasteiger partial charge in [0.05, 0.1) is 0 Å². The van der Waals surface area contributed by atoms with Gasteiger partial charge in [-0.05, 0) is 37.1 Å². The molecule has 0 atom stereocenters. The summed E-state index contributed by atoms with van der Waals surface area (Å²) in [7, 11) is -3.58. The number of nitrogens with one attached hydrogen (secondary N) is 1. The van der Waals surface area contributed by atoms with Gasteiger partial charge < -0.3 is 14.3 Å². The molecule has 0 bridgehead atoms. The van der Waals surface area contributed by atoms with Crippen molar-refractivity contribution in [3.63, 3.8) is 0 Å². The van der Waals surface area contributed by atoms with Crippen molar-refractivity contribution in [2.75, 3.05) is 31.1 Å². The van der Waals surface area contributed by atoms with Gasteiger partial charge in [0.25, 0.3) is 5.89 Å². The molecular formula is C19H23N5O3S. The lowest BCUT2D eigenvalue weighted by atomic mass is 10.1. The number of sulfonamides is 1. The summed E-state index contributed by atoms with van der Waals surface area (Å²) in [5, 5.41) is 7.69. The monoisotopic (exact) mass is 401 g/mol. The molecule has 1 aliphatic rings. The predicted octanol–water partition coefficient (Wildman–Crippen LogP) is 2.50. The Bertz CT molecular complexity index is 1090. The van der Waals surface area contributed by atoms with E-state index in [1.807, 2.05) is 6.07 Å². The number of anilines is 1. The maximum absolute atomic E-state index is 13.0. The number of aromatic amines is 1. The maximum Gasteiger partial charge on any atom is 0.264 e. The van der Waals surface area contributed by atoms with Crippen LogP contribution in [-0.4, -0.2) is 54.1 Å². The molecule has 8 nitrogen and oxygen atoms in total. The summed E-state index contributed by atoms with van der Waals surface area (Å²) >= 11 is 0. The van der Waals surface area contributed by atoms with Gasteiger partial charge in [-0.15, -0.1) is 10.2 Å². The van der Waals surface area contributed by atoms with Crippen molar-refractivity contribution >= 4 is 15.7 Å². The third-order valence-electron chi connectivity index (χ3n) is 5.21. The van der Waals surface area contributed by atoms with Crippen LogP contribution in [0.25, 0.3) is 11.6 Å². The van der Waals surface area contributed by atoms with Crippen LogP contribution in [0.4, 0.5) is 5.69 Å². The zero-order valence-corrected chi connectivity index (χ0v) is 17.0. The van der Waals surface area contributed by atoms with Crippen molar-refractivity contribution in [2.45, 2.75) is 25.7 Å². The van der Waals surface area contributed by atoms with E-state index < -0.39 is 10.0 Å². The molecule has 1 N–H and O–H groups in total. The predicted molar refractivity (Wildman–Crippen MR) is 106 cm³/mol. The lowest BCUT2D eigenvalue weighted by Crippen LogP contribution is -2.48. The summed E-state index contributed by atoms with van der Waals surface area (Å²) in [6, 6.07) is 7.77. The molecule has 148 valence electrons. The minimum atomic E-state index is -3.58. The smallest absolute Gasteiger partial charge is 0.264 e. The van der Waals surface area contributed by atoms with E-state index in [4.69, 9.17) is 4.42 Å². The Balaban J connectivity index is 1.49. The van der Waals surface area contributed by atoms with Crippen molar-refractivity contribution in [2.24, 2.45) is 0 Å². The third-order valence-corrected chi connectivity index (χ3v) is 7.08. The van der Waals surface area contributed by atoms with Crippen LogP contribution in [-0.2, 0) is 10.0 Å². The topological polar surface area (TPSA) is 95.3 Å². The second kappa shape index (κ2) is 7.06. The fourth-order valence-corrected chi connectivity index (χ4v) is 4.87. The summed E-state index contributed by atoms with van der Waals surface area (Å²) in [4.78, 5) is 5.37. The standard InChI is InChI=1S/C19H23N5O3S/c1-13-5-4-6-18(14(13)2)23-7-9-24(10-8-23)28(25,26)16-11-17(20-12-16)19-22-21-15(3)27-19/h4-6,11-12,20H,7-10H2,1-3H3. The normalized spacial score (nSPS) is 15.9. The summed E-state index contributed by atoms with van der Waals surface area (Å²) in [5.41, 5.74) is 4.15. The Morgan fingerprint density at radius 3 is 2.50 bits per heavy atom. The van der Waals surface area contributed by atoms with Crippen LogP contribution in [0.1, 0.15) is 17.0 Å². The Kier molecular flexibility index (Phi) is 4.72. The molecule has 1 fully saturated rings. The zero-order valence-electron chi connectivity index (χ0n) is 16.1. The van der Waals surface area contributed by atoms with Crippen molar-refractivity contribution in [1.82, 2.24) is 19.5 Å². The van der Waals surface area contributed by atoms with Gasteiger partial charge in [0.15, 0.2) is 0 Å². The number of aryl methyl sites for hydroxylation is 2. The number of H-pyrrole nitrogens is 1. The number of hydrogen-bond donors (Lipinski definition) is 1. The molecule has 3 aromatic rings. The molecule has 0 aliphatic carbocycles. The largest absolute Gasteiger partial charge is 0.420 e. The van der Waals surface area contributed by atoms with Gasteiger partial charge in [-0.3, -0.25) is 0 Å². The number of aromatic nitrogens is 3. The molecule has 1 saturated heterocycles. The Morgan fingerprint density at radius 2 is 1.82 bits per heavy atom. The van der Waals surface area contributed by atoms with Gasteiger partial charge in [-0.2, -0.15) is 4.31 Å². The first-order chi connectivity index (χ1) is 13.4. The summed E-state index contributed by atoms with van der Waals surface area (Å²) in [6.45, 7) is 8.08. The van der Waals surface area contributed by atoms with E-state index >= 15 is 0 Å². The summed E-state index contributed by atoms with van der Waals surface area (Å²) < 4.78 is 32.9. The zero-order chi connectivity index (χ0) is 19.9. The van der Waals surface area contributed by atoms with Gasteiger partial charge in [0.1, 0.15) is 10.6 Å². The van der Waals surface area contributed by atoms with Gasteiger partial charge >= 0.3 is 0 Å². The quantitative estimate of drug-likeness (QED) is 0.722. The molecule has 0 spiro atoms. The van der Waals surface area contributed by atoms with E-state index in [9.17, 15) is 8.42 Å². The first kappa shape index (κ1) is 18.7. The van der Waals surface area contributed by atoms with Crippen LogP contribution in [0.5, 0.6) is 0 Å². The average molecular weight is 401 g/mol. The second-order valence-corrected chi connectivity index (χ2v) is 8.92. The molecule has 1 aromatic carbocycles. The van der Waals surface area contributed by atoms with Crippen LogP contribution in [0.3, 0.4) is 0 Å². The van der Waals surface area contributed by atoms with Crippen molar-refractivity contribution in [1.29, 1.82) is 0 Å². The molecule has 0 amide bonds. The highest BCUT2D eigenvalue weighted by Gasteiger charge is 2.30. The van der Waals surface area contributed by atoms with E-state index in [1.54, 1.807) is 13.0 Å². The van der Waals surface area contributed by atoms with Crippen LogP contribution in [0.15, 0.2) is 39.8 Å². The summed E-state index contributed by atoms with van der Waals surface area (Å²) in [5.74, 6) is 0.704. The van der Waals surface area contributed by atoms with E-state index in [1.165, 1.54) is 27.3 Å². The first-order valence-corrected chi connectivity index (χ1v) is 10.6. The molecular weight excluding hydrogens is 378 g/mol. The molecule has 28 heavy (non-hydrogen) atoms. The SMILES string of the molecule is Cc1nnc(-c2cc(S(=O)(=O)N3CCN(c4cccc(C)c4C)CC3)c[nH]2)o1. The summed E-state index contributed by atoms with van der Waals surface area (Å²) in [6.07, 6.45) is 1.47. The molecule has 4 rings (SSSR count). The van der Waals surface area contributed by atoms with Gasteiger partial charge in [-0.1, -0.05) is 12.1 Å². The molecule has 9 heteroatoms. The van der Waals surface area contributed by atoms with Gasteiger partial charge in [0, 0.05) is 45.0 Å². The van der Waals surface area contributed by atoms with E-state index in [0.717, 1.165) is 0 Å². The van der Waals surface area contributed by atoms with E-state index in [-0.39, 0.29) is 10.8 Å². The Labute approximate surface area is 164 Å².